The van der Waals surface area contributed by atoms with Crippen molar-refractivity contribution in [3.63, 3.8) is 0 Å². The minimum Gasteiger partial charge on any atom is -0.352 e. The highest BCUT2D eigenvalue weighted by Crippen LogP contribution is 2.11. The largest absolute Gasteiger partial charge is 0.352 e. The van der Waals surface area contributed by atoms with Crippen molar-refractivity contribution in [1.29, 1.82) is 0 Å². The van der Waals surface area contributed by atoms with Gasteiger partial charge in [0.2, 0.25) is 5.91 Å². The number of nitrogens with zero attached hydrogens (tertiary/aromatic N) is 1. The van der Waals surface area contributed by atoms with Gasteiger partial charge in [-0.25, -0.2) is 4.98 Å². The van der Waals surface area contributed by atoms with Crippen molar-refractivity contribution in [3.8, 4) is 0 Å². The molecule has 0 bridgehead atoms. The van der Waals surface area contributed by atoms with Crippen molar-refractivity contribution >= 4 is 23.2 Å². The summed E-state index contributed by atoms with van der Waals surface area (Å²) < 4.78 is 0. The molecule has 0 radical (unpaired) electrons. The van der Waals surface area contributed by atoms with E-state index in [2.05, 4.69) is 15.6 Å². The van der Waals surface area contributed by atoms with Crippen molar-refractivity contribution in [2.75, 3.05) is 0 Å². The highest BCUT2D eigenvalue weighted by Gasteiger charge is 2.06. The van der Waals surface area contributed by atoms with Crippen LogP contribution in [-0.2, 0) is 17.9 Å². The first-order valence-corrected chi connectivity index (χ1v) is 7.39. The first kappa shape index (κ1) is 15.2. The molecule has 0 saturated carbocycles. The lowest BCUT2D eigenvalue weighted by molar-refractivity contribution is -0.119. The van der Waals surface area contributed by atoms with E-state index >= 15 is 0 Å². The predicted molar refractivity (Wildman–Crippen MR) is 82.0 cm³/mol. The van der Waals surface area contributed by atoms with Gasteiger partial charge < -0.3 is 10.6 Å². The Labute approximate surface area is 127 Å². The third kappa shape index (κ3) is 4.68. The second-order valence-electron chi connectivity index (χ2n) is 4.63. The maximum absolute atomic E-state index is 12.0. The Morgan fingerprint density at radius 1 is 1.14 bits per heavy atom. The minimum atomic E-state index is -0.118. The third-order valence-electron chi connectivity index (χ3n) is 2.85. The number of hydrogen-bond donors (Lipinski definition) is 2. The molecular formula is C15H17N3O2S. The number of nitrogens with one attached hydrogen (secondary N) is 2. The van der Waals surface area contributed by atoms with Gasteiger partial charge in [-0.05, 0) is 24.6 Å². The Kier molecular flexibility index (Phi) is 5.05. The Morgan fingerprint density at radius 3 is 2.43 bits per heavy atom. The predicted octanol–water partition coefficient (Wildman–Crippen LogP) is 2.02. The molecule has 2 aromatic rings. The molecule has 0 spiro atoms. The maximum atomic E-state index is 12.0. The summed E-state index contributed by atoms with van der Waals surface area (Å²) in [6.07, 6.45) is 1.77. The molecule has 6 heteroatoms. The number of carbonyl (C=O) groups excluding carboxylic acids is 2. The van der Waals surface area contributed by atoms with Gasteiger partial charge in [0, 0.05) is 30.1 Å². The van der Waals surface area contributed by atoms with Crippen LogP contribution in [0.5, 0.6) is 0 Å². The number of rotatable bonds is 5. The number of hydrogen-bond acceptors (Lipinski definition) is 4. The van der Waals surface area contributed by atoms with Gasteiger partial charge in [-0.2, -0.15) is 0 Å². The van der Waals surface area contributed by atoms with E-state index in [0.717, 1.165) is 15.4 Å². The zero-order chi connectivity index (χ0) is 15.2. The highest BCUT2D eigenvalue weighted by atomic mass is 32.1. The maximum Gasteiger partial charge on any atom is 0.251 e. The summed E-state index contributed by atoms with van der Waals surface area (Å²) in [5, 5.41) is 6.56. The molecule has 1 heterocycles. The zero-order valence-corrected chi connectivity index (χ0v) is 12.8. The molecule has 0 atom stereocenters. The third-order valence-corrected chi connectivity index (χ3v) is 3.76. The van der Waals surface area contributed by atoms with E-state index in [-0.39, 0.29) is 11.8 Å². The van der Waals surface area contributed by atoms with Crippen molar-refractivity contribution in [1.82, 2.24) is 15.6 Å². The van der Waals surface area contributed by atoms with Gasteiger partial charge in [0.05, 0.1) is 11.6 Å². The van der Waals surface area contributed by atoms with Crippen LogP contribution < -0.4 is 10.6 Å². The fraction of sp³-hybridized carbons (Fsp3) is 0.267. The summed E-state index contributed by atoms with van der Waals surface area (Å²) >= 11 is 1.57. The SMILES string of the molecule is CC(=O)NCc1ccc(C(=O)NCc2cnc(C)s2)cc1. The normalized spacial score (nSPS) is 10.2. The second-order valence-corrected chi connectivity index (χ2v) is 5.95. The first-order chi connectivity index (χ1) is 10.0. The van der Waals surface area contributed by atoms with E-state index in [1.807, 2.05) is 19.1 Å². The van der Waals surface area contributed by atoms with E-state index in [1.165, 1.54) is 6.92 Å². The summed E-state index contributed by atoms with van der Waals surface area (Å²) in [5.41, 5.74) is 1.56. The van der Waals surface area contributed by atoms with Crippen LogP contribution in [0.4, 0.5) is 0 Å². The average Bonchev–Trinajstić information content (AvgIpc) is 2.89. The molecule has 2 amide bonds. The molecule has 0 saturated heterocycles. The Morgan fingerprint density at radius 2 is 1.86 bits per heavy atom. The number of amides is 2. The van der Waals surface area contributed by atoms with E-state index < -0.39 is 0 Å². The summed E-state index contributed by atoms with van der Waals surface area (Å²) in [6, 6.07) is 7.18. The topological polar surface area (TPSA) is 71.1 Å². The van der Waals surface area contributed by atoms with Crippen LogP contribution in [0.1, 0.15) is 32.7 Å². The minimum absolute atomic E-state index is 0.0725. The van der Waals surface area contributed by atoms with Crippen molar-refractivity contribution in [2.24, 2.45) is 0 Å². The van der Waals surface area contributed by atoms with Crippen LogP contribution in [0, 0.1) is 6.92 Å². The molecule has 1 aromatic carbocycles. The van der Waals surface area contributed by atoms with Gasteiger partial charge in [0.15, 0.2) is 0 Å². The molecule has 0 aliphatic carbocycles. The van der Waals surface area contributed by atoms with Crippen LogP contribution >= 0.6 is 11.3 Å². The van der Waals surface area contributed by atoms with Crippen LogP contribution in [0.25, 0.3) is 0 Å². The fourth-order valence-corrected chi connectivity index (χ4v) is 2.49. The second kappa shape index (κ2) is 6.99. The Bertz CT molecular complexity index is 635. The van der Waals surface area contributed by atoms with Gasteiger partial charge in [0.25, 0.3) is 5.91 Å². The van der Waals surface area contributed by atoms with E-state index in [9.17, 15) is 9.59 Å². The zero-order valence-electron chi connectivity index (χ0n) is 12.0. The number of aryl methyl sites for hydroxylation is 1. The van der Waals surface area contributed by atoms with Crippen LogP contribution in [0.3, 0.4) is 0 Å². The Hall–Kier alpha value is -2.21. The van der Waals surface area contributed by atoms with E-state index in [0.29, 0.717) is 18.7 Å². The van der Waals surface area contributed by atoms with E-state index in [4.69, 9.17) is 0 Å². The van der Waals surface area contributed by atoms with Gasteiger partial charge in [-0.1, -0.05) is 12.1 Å². The lowest BCUT2D eigenvalue weighted by Crippen LogP contribution is -2.22. The van der Waals surface area contributed by atoms with Gasteiger partial charge in [0.1, 0.15) is 0 Å². The smallest absolute Gasteiger partial charge is 0.251 e. The molecule has 2 N–H and O–H groups in total. The fourth-order valence-electron chi connectivity index (χ4n) is 1.76. The molecule has 0 aliphatic rings. The van der Waals surface area contributed by atoms with Crippen molar-refractivity contribution < 1.29 is 9.59 Å². The standard InChI is InChI=1S/C15H17N3O2S/c1-10(19)16-7-12-3-5-13(6-4-12)15(20)18-9-14-8-17-11(2)21-14/h3-6,8H,7,9H2,1-2H3,(H,16,19)(H,18,20). The molecular weight excluding hydrogens is 286 g/mol. The number of carbonyl (C=O) groups is 2. The van der Waals surface area contributed by atoms with Crippen molar-refractivity contribution in [2.45, 2.75) is 26.9 Å². The molecule has 0 unspecified atom stereocenters. The highest BCUT2D eigenvalue weighted by molar-refractivity contribution is 7.11. The van der Waals surface area contributed by atoms with Gasteiger partial charge in [-0.3, -0.25) is 9.59 Å². The summed E-state index contributed by atoms with van der Waals surface area (Å²) in [4.78, 5) is 28.0. The van der Waals surface area contributed by atoms with Crippen LogP contribution in [0.15, 0.2) is 30.5 Å². The number of thiazole rings is 1. The molecule has 1 aromatic heterocycles. The summed E-state index contributed by atoms with van der Waals surface area (Å²) in [5.74, 6) is -0.191. The van der Waals surface area contributed by atoms with Gasteiger partial charge >= 0.3 is 0 Å². The van der Waals surface area contributed by atoms with Crippen LogP contribution in [-0.4, -0.2) is 16.8 Å². The molecule has 0 aliphatic heterocycles. The number of benzene rings is 1. The summed E-state index contributed by atoms with van der Waals surface area (Å²) in [7, 11) is 0. The Balaban J connectivity index is 1.88. The first-order valence-electron chi connectivity index (χ1n) is 6.57. The number of aromatic nitrogens is 1. The molecule has 0 fully saturated rings. The van der Waals surface area contributed by atoms with Crippen molar-refractivity contribution in [3.05, 3.63) is 51.5 Å². The average molecular weight is 303 g/mol. The molecule has 2 rings (SSSR count). The molecule has 5 nitrogen and oxygen atoms in total. The summed E-state index contributed by atoms with van der Waals surface area (Å²) in [6.45, 7) is 4.36. The molecule has 21 heavy (non-hydrogen) atoms. The van der Waals surface area contributed by atoms with Crippen LogP contribution in [0.2, 0.25) is 0 Å². The quantitative estimate of drug-likeness (QED) is 0.887. The van der Waals surface area contributed by atoms with Gasteiger partial charge in [-0.15, -0.1) is 11.3 Å². The van der Waals surface area contributed by atoms with E-state index in [1.54, 1.807) is 29.7 Å². The lowest BCUT2D eigenvalue weighted by Gasteiger charge is -2.06. The monoisotopic (exact) mass is 303 g/mol. The lowest BCUT2D eigenvalue weighted by atomic mass is 10.1. The molecule has 110 valence electrons.